The highest BCUT2D eigenvalue weighted by atomic mass is 32.1. The molecule has 13 heavy (non-hydrogen) atoms. The van der Waals surface area contributed by atoms with E-state index in [1.807, 2.05) is 11.4 Å². The van der Waals surface area contributed by atoms with Crippen LogP contribution in [0.2, 0.25) is 0 Å². The first-order valence-electron chi connectivity index (χ1n) is 3.89. The SMILES string of the molecule is COC(=O)C1c2csc(c2)C1C=O. The van der Waals surface area contributed by atoms with Crippen molar-refractivity contribution in [2.45, 2.75) is 11.8 Å². The summed E-state index contributed by atoms with van der Waals surface area (Å²) in [5.41, 5.74) is 0.906. The molecule has 1 aliphatic carbocycles. The van der Waals surface area contributed by atoms with E-state index < -0.39 is 5.92 Å². The lowest BCUT2D eigenvalue weighted by molar-refractivity contribution is -0.143. The van der Waals surface area contributed by atoms with Crippen LogP contribution in [0.15, 0.2) is 11.4 Å². The van der Waals surface area contributed by atoms with Crippen LogP contribution < -0.4 is 0 Å². The topological polar surface area (TPSA) is 43.4 Å². The molecule has 2 atom stereocenters. The van der Waals surface area contributed by atoms with Gasteiger partial charge in [0.05, 0.1) is 18.9 Å². The van der Waals surface area contributed by atoms with Gasteiger partial charge in [-0.25, -0.2) is 0 Å². The Kier molecular flexibility index (Phi) is 1.92. The minimum Gasteiger partial charge on any atom is -0.469 e. The second-order valence-corrected chi connectivity index (χ2v) is 3.89. The van der Waals surface area contributed by atoms with Gasteiger partial charge in [0.1, 0.15) is 6.29 Å². The van der Waals surface area contributed by atoms with Gasteiger partial charge in [-0.05, 0) is 17.0 Å². The van der Waals surface area contributed by atoms with Crippen LogP contribution in [0, 0.1) is 0 Å². The van der Waals surface area contributed by atoms with E-state index in [4.69, 9.17) is 0 Å². The molecule has 1 heterocycles. The van der Waals surface area contributed by atoms with Crippen molar-refractivity contribution in [3.8, 4) is 0 Å². The van der Waals surface area contributed by atoms with Gasteiger partial charge in [-0.2, -0.15) is 0 Å². The van der Waals surface area contributed by atoms with Crippen LogP contribution in [-0.2, 0) is 14.3 Å². The van der Waals surface area contributed by atoms with E-state index in [1.54, 1.807) is 0 Å². The summed E-state index contributed by atoms with van der Waals surface area (Å²) in [6, 6.07) is 1.89. The second-order valence-electron chi connectivity index (χ2n) is 2.95. The molecule has 68 valence electrons. The molecule has 0 amide bonds. The Morgan fingerprint density at radius 3 is 3.08 bits per heavy atom. The van der Waals surface area contributed by atoms with Crippen LogP contribution in [0.25, 0.3) is 0 Å². The zero-order valence-electron chi connectivity index (χ0n) is 7.02. The molecule has 0 radical (unpaired) electrons. The van der Waals surface area contributed by atoms with Crippen LogP contribution in [0.3, 0.4) is 0 Å². The van der Waals surface area contributed by atoms with Crippen molar-refractivity contribution in [2.75, 3.05) is 7.11 Å². The first-order valence-corrected chi connectivity index (χ1v) is 4.77. The standard InChI is InChI=1S/C9H8O3S/c1-12-9(11)8-5-2-7(13-4-5)6(8)3-10/h2-4,6,8H,1H3. The molecule has 1 aliphatic rings. The molecule has 2 bridgehead atoms. The smallest absolute Gasteiger partial charge is 0.314 e. The number of methoxy groups -OCH3 is 1. The average Bonchev–Trinajstić information content (AvgIpc) is 2.74. The Bertz CT molecular complexity index is 355. The second kappa shape index (κ2) is 2.96. The molecule has 2 rings (SSSR count). The van der Waals surface area contributed by atoms with Crippen molar-refractivity contribution in [3.63, 3.8) is 0 Å². The van der Waals surface area contributed by atoms with Crippen LogP contribution in [0.1, 0.15) is 22.3 Å². The van der Waals surface area contributed by atoms with Gasteiger partial charge in [0.15, 0.2) is 0 Å². The number of rotatable bonds is 2. The lowest BCUT2D eigenvalue weighted by atomic mass is 9.94. The highest BCUT2D eigenvalue weighted by Gasteiger charge is 2.38. The minimum absolute atomic E-state index is 0.308. The van der Waals surface area contributed by atoms with Crippen molar-refractivity contribution in [2.24, 2.45) is 0 Å². The van der Waals surface area contributed by atoms with Crippen molar-refractivity contribution in [3.05, 3.63) is 21.9 Å². The molecule has 0 fully saturated rings. The van der Waals surface area contributed by atoms with Crippen LogP contribution >= 0.6 is 11.3 Å². The maximum absolute atomic E-state index is 11.3. The average molecular weight is 196 g/mol. The Morgan fingerprint density at radius 2 is 2.46 bits per heavy atom. The number of ether oxygens (including phenoxy) is 1. The first-order chi connectivity index (χ1) is 6.27. The quantitative estimate of drug-likeness (QED) is 0.529. The Morgan fingerprint density at radius 1 is 1.69 bits per heavy atom. The Balaban J connectivity index is 2.35. The number of hydrogen-bond acceptors (Lipinski definition) is 4. The summed E-state index contributed by atoms with van der Waals surface area (Å²) < 4.78 is 4.64. The number of carbonyl (C=O) groups is 2. The van der Waals surface area contributed by atoms with Crippen molar-refractivity contribution < 1.29 is 14.3 Å². The van der Waals surface area contributed by atoms with E-state index in [0.29, 0.717) is 0 Å². The van der Waals surface area contributed by atoms with E-state index in [1.165, 1.54) is 18.4 Å². The summed E-state index contributed by atoms with van der Waals surface area (Å²) in [6.45, 7) is 0. The Hall–Kier alpha value is -1.16. The molecular weight excluding hydrogens is 188 g/mol. The lowest BCUT2D eigenvalue weighted by Crippen LogP contribution is -2.19. The molecule has 0 N–H and O–H groups in total. The summed E-state index contributed by atoms with van der Waals surface area (Å²) in [4.78, 5) is 23.0. The van der Waals surface area contributed by atoms with E-state index in [0.717, 1.165) is 16.7 Å². The molecule has 0 saturated carbocycles. The van der Waals surface area contributed by atoms with Gasteiger partial charge >= 0.3 is 5.97 Å². The molecule has 4 heteroatoms. The largest absolute Gasteiger partial charge is 0.469 e. The summed E-state index contributed by atoms with van der Waals surface area (Å²) in [5.74, 6) is -1.02. The molecule has 0 spiro atoms. The number of fused-ring (bicyclic) bond motifs is 2. The van der Waals surface area contributed by atoms with E-state index >= 15 is 0 Å². The molecule has 0 saturated heterocycles. The predicted molar refractivity (Wildman–Crippen MR) is 47.9 cm³/mol. The van der Waals surface area contributed by atoms with Crippen LogP contribution in [0.4, 0.5) is 0 Å². The van der Waals surface area contributed by atoms with Gasteiger partial charge in [-0.15, -0.1) is 11.3 Å². The van der Waals surface area contributed by atoms with Crippen molar-refractivity contribution in [1.82, 2.24) is 0 Å². The Labute approximate surface area is 79.3 Å². The third kappa shape index (κ3) is 1.09. The fraction of sp³-hybridized carbons (Fsp3) is 0.333. The van der Waals surface area contributed by atoms with E-state index in [2.05, 4.69) is 4.74 Å². The van der Waals surface area contributed by atoms with Crippen LogP contribution in [0.5, 0.6) is 0 Å². The van der Waals surface area contributed by atoms with E-state index in [-0.39, 0.29) is 11.9 Å². The predicted octanol–water partition coefficient (Wildman–Crippen LogP) is 1.30. The van der Waals surface area contributed by atoms with Gasteiger partial charge in [-0.3, -0.25) is 4.79 Å². The fourth-order valence-electron chi connectivity index (χ4n) is 1.63. The minimum atomic E-state index is -0.390. The molecule has 1 aromatic rings. The molecule has 1 aromatic heterocycles. The molecule has 2 unspecified atom stereocenters. The third-order valence-electron chi connectivity index (χ3n) is 2.29. The van der Waals surface area contributed by atoms with E-state index in [9.17, 15) is 9.59 Å². The molecular formula is C9H8O3S. The van der Waals surface area contributed by atoms with Crippen molar-refractivity contribution >= 4 is 23.6 Å². The third-order valence-corrected chi connectivity index (χ3v) is 3.34. The number of thiophene rings is 1. The van der Waals surface area contributed by atoms with Gasteiger partial charge in [0, 0.05) is 4.88 Å². The lowest BCUT2D eigenvalue weighted by Gasteiger charge is -2.15. The first kappa shape index (κ1) is 8.44. The molecule has 3 nitrogen and oxygen atoms in total. The highest BCUT2D eigenvalue weighted by molar-refractivity contribution is 7.10. The van der Waals surface area contributed by atoms with Gasteiger partial charge in [-0.1, -0.05) is 0 Å². The van der Waals surface area contributed by atoms with Crippen molar-refractivity contribution in [1.29, 1.82) is 0 Å². The monoisotopic (exact) mass is 196 g/mol. The van der Waals surface area contributed by atoms with Gasteiger partial charge in [0.2, 0.25) is 0 Å². The van der Waals surface area contributed by atoms with Gasteiger partial charge in [0.25, 0.3) is 0 Å². The van der Waals surface area contributed by atoms with Gasteiger partial charge < -0.3 is 9.53 Å². The highest BCUT2D eigenvalue weighted by Crippen LogP contribution is 2.44. The number of carbonyl (C=O) groups excluding carboxylic acids is 2. The summed E-state index contributed by atoms with van der Waals surface area (Å²) >= 11 is 1.52. The summed E-state index contributed by atoms with van der Waals surface area (Å²) in [6.07, 6.45) is 0.820. The number of esters is 1. The maximum Gasteiger partial charge on any atom is 0.314 e. The molecule has 0 aliphatic heterocycles. The maximum atomic E-state index is 11.3. The number of hydrogen-bond donors (Lipinski definition) is 0. The fourth-order valence-corrected chi connectivity index (χ4v) is 2.67. The zero-order chi connectivity index (χ0) is 9.42. The summed E-state index contributed by atoms with van der Waals surface area (Å²) in [7, 11) is 1.34. The summed E-state index contributed by atoms with van der Waals surface area (Å²) in [5, 5.41) is 1.90. The number of aldehydes is 1. The molecule has 0 aromatic carbocycles. The normalized spacial score (nSPS) is 24.4. The zero-order valence-corrected chi connectivity index (χ0v) is 7.84. The van der Waals surface area contributed by atoms with Crippen LogP contribution in [-0.4, -0.2) is 19.4 Å².